The molecule has 0 saturated heterocycles. The Balaban J connectivity index is 1.39. The molecule has 3 aromatic heterocycles. The molecule has 1 atom stereocenters. The fourth-order valence-corrected chi connectivity index (χ4v) is 3.75. The Hall–Kier alpha value is -3.55. The lowest BCUT2D eigenvalue weighted by Crippen LogP contribution is -2.18. The molecule has 8 heteroatoms. The number of rotatable bonds is 4. The Kier molecular flexibility index (Phi) is 4.31. The second kappa shape index (κ2) is 7.12. The molecule has 0 aliphatic carbocycles. The van der Waals surface area contributed by atoms with E-state index in [2.05, 4.69) is 25.4 Å². The van der Waals surface area contributed by atoms with E-state index in [9.17, 15) is 4.39 Å². The number of hydrogen-bond acceptors (Lipinski definition) is 5. The van der Waals surface area contributed by atoms with E-state index < -0.39 is 0 Å². The normalized spacial score (nSPS) is 15.7. The molecule has 0 unspecified atom stereocenters. The third kappa shape index (κ3) is 3.37. The summed E-state index contributed by atoms with van der Waals surface area (Å²) in [7, 11) is 0. The van der Waals surface area contributed by atoms with Crippen LogP contribution < -0.4 is 4.74 Å². The van der Waals surface area contributed by atoms with E-state index in [0.717, 1.165) is 46.9 Å². The summed E-state index contributed by atoms with van der Waals surface area (Å²) in [4.78, 5) is 8.99. The second-order valence-electron chi connectivity index (χ2n) is 7.16. The van der Waals surface area contributed by atoms with Gasteiger partial charge in [-0.2, -0.15) is 15.4 Å². The van der Waals surface area contributed by atoms with Crippen molar-refractivity contribution in [2.75, 3.05) is 6.61 Å². The number of nitrogens with zero attached hydrogens (tertiary/aromatic N) is 5. The standard InChI is InChI=1S/C21H19FN6O/c1-13-21(26-27-25-13)14-4-6-23-18(8-14)19-11-28(12-24-19)10-15-5-7-29-20-9-16(22)2-3-17(15)20/h2-4,6,8-9,11-12,15H,5,7,10H2,1H3,(H,25,26,27)/t15-/m0/s1. The van der Waals surface area contributed by atoms with Crippen LogP contribution in [0.3, 0.4) is 0 Å². The summed E-state index contributed by atoms with van der Waals surface area (Å²) in [6, 6.07) is 8.63. The highest BCUT2D eigenvalue weighted by Gasteiger charge is 2.22. The molecule has 0 radical (unpaired) electrons. The maximum Gasteiger partial charge on any atom is 0.126 e. The first kappa shape index (κ1) is 17.5. The fourth-order valence-electron chi connectivity index (χ4n) is 3.75. The maximum absolute atomic E-state index is 13.5. The van der Waals surface area contributed by atoms with Crippen LogP contribution in [0.25, 0.3) is 22.6 Å². The Labute approximate surface area is 166 Å². The summed E-state index contributed by atoms with van der Waals surface area (Å²) in [5.41, 5.74) is 5.18. The van der Waals surface area contributed by atoms with Crippen molar-refractivity contribution in [2.24, 2.45) is 0 Å². The van der Waals surface area contributed by atoms with Crippen LogP contribution in [0.2, 0.25) is 0 Å². The predicted octanol–water partition coefficient (Wildman–Crippen LogP) is 3.74. The monoisotopic (exact) mass is 390 g/mol. The third-order valence-electron chi connectivity index (χ3n) is 5.22. The molecule has 4 aromatic rings. The highest BCUT2D eigenvalue weighted by atomic mass is 19.1. The van der Waals surface area contributed by atoms with E-state index in [1.54, 1.807) is 6.20 Å². The minimum absolute atomic E-state index is 0.249. The molecule has 1 aliphatic heterocycles. The van der Waals surface area contributed by atoms with Crippen molar-refractivity contribution in [1.29, 1.82) is 0 Å². The van der Waals surface area contributed by atoms with E-state index >= 15 is 0 Å². The van der Waals surface area contributed by atoms with Crippen molar-refractivity contribution >= 4 is 0 Å². The number of halogens is 1. The van der Waals surface area contributed by atoms with Gasteiger partial charge in [-0.1, -0.05) is 6.07 Å². The van der Waals surface area contributed by atoms with E-state index in [1.165, 1.54) is 12.1 Å². The van der Waals surface area contributed by atoms with Gasteiger partial charge in [-0.05, 0) is 37.1 Å². The SMILES string of the molecule is Cc1n[nH]nc1-c1ccnc(-c2cn(C[C@@H]3CCOc4cc(F)ccc43)cn2)c1. The maximum atomic E-state index is 13.5. The summed E-state index contributed by atoms with van der Waals surface area (Å²) in [6.07, 6.45) is 6.43. The van der Waals surface area contributed by atoms with Gasteiger partial charge >= 0.3 is 0 Å². The van der Waals surface area contributed by atoms with Crippen LogP contribution >= 0.6 is 0 Å². The first-order chi connectivity index (χ1) is 14.2. The lowest BCUT2D eigenvalue weighted by Gasteiger charge is -2.26. The number of ether oxygens (including phenoxy) is 1. The van der Waals surface area contributed by atoms with Crippen LogP contribution in [-0.2, 0) is 6.54 Å². The second-order valence-corrected chi connectivity index (χ2v) is 7.16. The number of aryl methyl sites for hydroxylation is 1. The summed E-state index contributed by atoms with van der Waals surface area (Å²) < 4.78 is 21.2. The summed E-state index contributed by atoms with van der Waals surface area (Å²) in [5, 5.41) is 10.9. The van der Waals surface area contributed by atoms with Gasteiger partial charge in [-0.25, -0.2) is 9.37 Å². The average Bonchev–Trinajstić information content (AvgIpc) is 3.37. The summed E-state index contributed by atoms with van der Waals surface area (Å²) >= 11 is 0. The minimum atomic E-state index is -0.275. The number of H-pyrrole nitrogens is 1. The first-order valence-electron chi connectivity index (χ1n) is 9.45. The first-order valence-corrected chi connectivity index (χ1v) is 9.45. The molecule has 4 heterocycles. The van der Waals surface area contributed by atoms with Crippen molar-refractivity contribution in [2.45, 2.75) is 25.8 Å². The fraction of sp³-hybridized carbons (Fsp3) is 0.238. The molecule has 7 nitrogen and oxygen atoms in total. The van der Waals surface area contributed by atoms with Crippen molar-refractivity contribution < 1.29 is 9.13 Å². The van der Waals surface area contributed by atoms with Crippen LogP contribution in [0.5, 0.6) is 5.75 Å². The van der Waals surface area contributed by atoms with Crippen LogP contribution in [0.4, 0.5) is 4.39 Å². The van der Waals surface area contributed by atoms with Gasteiger partial charge in [0, 0.05) is 36.5 Å². The Bertz CT molecular complexity index is 1170. The molecular weight excluding hydrogens is 371 g/mol. The average molecular weight is 390 g/mol. The molecule has 0 amide bonds. The molecule has 1 aromatic carbocycles. The predicted molar refractivity (Wildman–Crippen MR) is 105 cm³/mol. The molecular formula is C21H19FN6O. The van der Waals surface area contributed by atoms with Gasteiger partial charge in [0.05, 0.1) is 24.3 Å². The topological polar surface area (TPSA) is 81.5 Å². The Morgan fingerprint density at radius 2 is 2.10 bits per heavy atom. The largest absolute Gasteiger partial charge is 0.493 e. The van der Waals surface area contributed by atoms with Crippen LogP contribution in [0.1, 0.15) is 23.6 Å². The van der Waals surface area contributed by atoms with Gasteiger partial charge < -0.3 is 9.30 Å². The highest BCUT2D eigenvalue weighted by Crippen LogP contribution is 2.35. The zero-order chi connectivity index (χ0) is 19.8. The van der Waals surface area contributed by atoms with Crippen molar-refractivity contribution in [3.8, 4) is 28.4 Å². The quantitative estimate of drug-likeness (QED) is 0.574. The lowest BCUT2D eigenvalue weighted by atomic mass is 9.93. The molecule has 0 saturated carbocycles. The smallest absolute Gasteiger partial charge is 0.126 e. The molecule has 0 bridgehead atoms. The number of aromatic nitrogens is 6. The third-order valence-corrected chi connectivity index (χ3v) is 5.22. The number of aromatic amines is 1. The van der Waals surface area contributed by atoms with Gasteiger partial charge in [0.15, 0.2) is 0 Å². The zero-order valence-corrected chi connectivity index (χ0v) is 15.8. The van der Waals surface area contributed by atoms with Crippen molar-refractivity contribution in [1.82, 2.24) is 29.9 Å². The zero-order valence-electron chi connectivity index (χ0n) is 15.8. The molecule has 146 valence electrons. The minimum Gasteiger partial charge on any atom is -0.493 e. The van der Waals surface area contributed by atoms with Crippen LogP contribution in [0, 0.1) is 12.7 Å². The van der Waals surface area contributed by atoms with Crippen molar-refractivity contribution in [3.05, 3.63) is 66.1 Å². The van der Waals surface area contributed by atoms with Crippen molar-refractivity contribution in [3.63, 3.8) is 0 Å². The van der Waals surface area contributed by atoms with Gasteiger partial charge in [0.2, 0.25) is 0 Å². The number of fused-ring (bicyclic) bond motifs is 1. The summed E-state index contributed by atoms with van der Waals surface area (Å²) in [5.74, 6) is 0.611. The molecule has 1 aliphatic rings. The molecule has 0 fully saturated rings. The summed E-state index contributed by atoms with van der Waals surface area (Å²) in [6.45, 7) is 3.24. The van der Waals surface area contributed by atoms with E-state index in [4.69, 9.17) is 4.74 Å². The lowest BCUT2D eigenvalue weighted by molar-refractivity contribution is 0.257. The van der Waals surface area contributed by atoms with E-state index in [1.807, 2.05) is 42.2 Å². The van der Waals surface area contributed by atoms with E-state index in [0.29, 0.717) is 12.4 Å². The molecule has 1 N–H and O–H groups in total. The van der Waals surface area contributed by atoms with Crippen LogP contribution in [0.15, 0.2) is 49.1 Å². The van der Waals surface area contributed by atoms with Gasteiger partial charge in [-0.15, -0.1) is 0 Å². The van der Waals surface area contributed by atoms with Gasteiger partial charge in [-0.3, -0.25) is 4.98 Å². The number of imidazole rings is 1. The van der Waals surface area contributed by atoms with Gasteiger partial charge in [0.25, 0.3) is 0 Å². The Morgan fingerprint density at radius 3 is 2.97 bits per heavy atom. The number of benzene rings is 1. The highest BCUT2D eigenvalue weighted by molar-refractivity contribution is 5.67. The molecule has 0 spiro atoms. The number of hydrogen-bond donors (Lipinski definition) is 1. The van der Waals surface area contributed by atoms with Gasteiger partial charge in [0.1, 0.15) is 23.0 Å². The van der Waals surface area contributed by atoms with Crippen LogP contribution in [-0.4, -0.2) is 36.6 Å². The number of pyridine rings is 1. The number of nitrogens with one attached hydrogen (secondary N) is 1. The molecule has 5 rings (SSSR count). The molecule has 29 heavy (non-hydrogen) atoms. The Morgan fingerprint density at radius 1 is 1.17 bits per heavy atom. The van der Waals surface area contributed by atoms with E-state index in [-0.39, 0.29) is 11.7 Å².